The molecule has 2 N–H and O–H groups in total. The Labute approximate surface area is 184 Å². The number of nitrogens with zero attached hydrogens (tertiary/aromatic N) is 3. The first-order chi connectivity index (χ1) is 15.0. The van der Waals surface area contributed by atoms with E-state index in [4.69, 9.17) is 21.1 Å². The van der Waals surface area contributed by atoms with E-state index in [-0.39, 0.29) is 5.56 Å². The molecule has 0 spiro atoms. The topological polar surface area (TPSA) is 89.8 Å². The Morgan fingerprint density at radius 2 is 1.84 bits per heavy atom. The summed E-state index contributed by atoms with van der Waals surface area (Å²) in [6.45, 7) is 2.21. The standard InChI is InChI=1S/C22H22ClN5O3/c1-13-10-19(29)28-20(15-6-9-17(30-2)18(11-15)31-3)26-21(27-22(28)25-13)24-12-14-4-7-16(23)8-5-14/h4-11,20H,12H2,1-3H3,(H2,24,25,26,27)/t20-/m0/s1. The summed E-state index contributed by atoms with van der Waals surface area (Å²) >= 11 is 5.96. The Hall–Kier alpha value is -3.52. The molecule has 0 saturated carbocycles. The fourth-order valence-electron chi connectivity index (χ4n) is 3.38. The van der Waals surface area contributed by atoms with Crippen molar-refractivity contribution < 1.29 is 9.47 Å². The first-order valence-corrected chi connectivity index (χ1v) is 10.0. The molecular weight excluding hydrogens is 418 g/mol. The van der Waals surface area contributed by atoms with Gasteiger partial charge in [-0.3, -0.25) is 14.7 Å². The third-order valence-electron chi connectivity index (χ3n) is 4.90. The molecule has 0 saturated heterocycles. The van der Waals surface area contributed by atoms with Crippen molar-refractivity contribution in [3.63, 3.8) is 0 Å². The Bertz CT molecular complexity index is 1190. The van der Waals surface area contributed by atoms with Crippen molar-refractivity contribution in [3.05, 3.63) is 80.7 Å². The third-order valence-corrected chi connectivity index (χ3v) is 5.15. The quantitative estimate of drug-likeness (QED) is 0.633. The molecule has 1 atom stereocenters. The molecule has 1 aliphatic rings. The van der Waals surface area contributed by atoms with E-state index in [1.54, 1.807) is 31.8 Å². The minimum Gasteiger partial charge on any atom is -0.493 e. The second kappa shape index (κ2) is 8.69. The molecule has 2 aromatic carbocycles. The molecule has 3 aromatic rings. The molecule has 0 radical (unpaired) electrons. The van der Waals surface area contributed by atoms with E-state index in [0.29, 0.717) is 40.7 Å². The monoisotopic (exact) mass is 439 g/mol. The lowest BCUT2D eigenvalue weighted by molar-refractivity contribution is 0.353. The second-order valence-corrected chi connectivity index (χ2v) is 7.44. The minimum atomic E-state index is -0.527. The molecule has 1 aromatic heterocycles. The number of halogens is 1. The first kappa shape index (κ1) is 20.7. The van der Waals surface area contributed by atoms with Crippen molar-refractivity contribution in [1.82, 2.24) is 14.9 Å². The number of methoxy groups -OCH3 is 2. The number of hydrogen-bond donors (Lipinski definition) is 2. The number of hydrogen-bond acceptors (Lipinski definition) is 5. The number of fused-ring (bicyclic) bond motifs is 1. The van der Waals surface area contributed by atoms with E-state index >= 15 is 0 Å². The zero-order valence-corrected chi connectivity index (χ0v) is 18.1. The summed E-state index contributed by atoms with van der Waals surface area (Å²) in [6.07, 6.45) is -0.527. The first-order valence-electron chi connectivity index (χ1n) is 9.63. The molecule has 0 unspecified atom stereocenters. The average Bonchev–Trinajstić information content (AvgIpc) is 2.77. The van der Waals surface area contributed by atoms with Gasteiger partial charge >= 0.3 is 0 Å². The van der Waals surface area contributed by atoms with Crippen LogP contribution in [0.4, 0.5) is 5.95 Å². The van der Waals surface area contributed by atoms with Crippen LogP contribution in [0.5, 0.6) is 11.5 Å². The molecule has 2 heterocycles. The number of aromatic nitrogens is 2. The lowest BCUT2D eigenvalue weighted by atomic mass is 10.1. The summed E-state index contributed by atoms with van der Waals surface area (Å²) in [5, 5.41) is 7.09. The number of rotatable bonds is 5. The van der Waals surface area contributed by atoms with E-state index < -0.39 is 6.17 Å². The van der Waals surface area contributed by atoms with Crippen LogP contribution < -0.4 is 25.7 Å². The van der Waals surface area contributed by atoms with Gasteiger partial charge in [-0.05, 0) is 42.3 Å². The Morgan fingerprint density at radius 3 is 2.55 bits per heavy atom. The van der Waals surface area contributed by atoms with Gasteiger partial charge in [0.05, 0.1) is 20.8 Å². The lowest BCUT2D eigenvalue weighted by Gasteiger charge is -2.31. The predicted molar refractivity (Wildman–Crippen MR) is 120 cm³/mol. The number of benzene rings is 2. The van der Waals surface area contributed by atoms with Gasteiger partial charge in [0.15, 0.2) is 17.5 Å². The van der Waals surface area contributed by atoms with Crippen molar-refractivity contribution in [1.29, 1.82) is 0 Å². The van der Waals surface area contributed by atoms with E-state index in [0.717, 1.165) is 11.1 Å². The van der Waals surface area contributed by atoms with Crippen molar-refractivity contribution >= 4 is 23.5 Å². The molecule has 0 fully saturated rings. The number of aliphatic imine (C=N–C) groups is 1. The molecule has 0 amide bonds. The van der Waals surface area contributed by atoms with E-state index in [1.807, 2.05) is 36.4 Å². The Morgan fingerprint density at radius 1 is 1.10 bits per heavy atom. The molecule has 31 heavy (non-hydrogen) atoms. The molecule has 8 nitrogen and oxygen atoms in total. The summed E-state index contributed by atoms with van der Waals surface area (Å²) < 4.78 is 12.3. The van der Waals surface area contributed by atoms with Gasteiger partial charge in [0.1, 0.15) is 6.17 Å². The lowest BCUT2D eigenvalue weighted by Crippen LogP contribution is -2.48. The highest BCUT2D eigenvalue weighted by atomic mass is 35.5. The zero-order valence-electron chi connectivity index (χ0n) is 17.3. The van der Waals surface area contributed by atoms with Crippen LogP contribution in [0.25, 0.3) is 0 Å². The van der Waals surface area contributed by atoms with Gasteiger partial charge in [0.2, 0.25) is 5.95 Å². The highest BCUT2D eigenvalue weighted by Crippen LogP contribution is 2.31. The summed E-state index contributed by atoms with van der Waals surface area (Å²) in [6, 6.07) is 14.5. The van der Waals surface area contributed by atoms with Crippen molar-refractivity contribution in [2.24, 2.45) is 4.99 Å². The van der Waals surface area contributed by atoms with E-state index in [1.165, 1.54) is 6.07 Å². The van der Waals surface area contributed by atoms with Crippen LogP contribution in [0, 0.1) is 6.92 Å². The molecule has 4 rings (SSSR count). The molecule has 160 valence electrons. The third kappa shape index (κ3) is 4.34. The minimum absolute atomic E-state index is 0.181. The molecular formula is C22H22ClN5O3. The van der Waals surface area contributed by atoms with Gasteiger partial charge in [-0.2, -0.15) is 0 Å². The molecule has 9 heteroatoms. The van der Waals surface area contributed by atoms with Gasteiger partial charge in [-0.15, -0.1) is 0 Å². The Kier molecular flexibility index (Phi) is 5.81. The maximum Gasteiger partial charge on any atom is 0.257 e. The molecule has 1 aliphatic heterocycles. The normalized spacial score (nSPS) is 16.3. The fraction of sp³-hybridized carbons (Fsp3) is 0.227. The summed E-state index contributed by atoms with van der Waals surface area (Å²) in [5.74, 6) is 2.09. The van der Waals surface area contributed by atoms with Crippen LogP contribution in [0.1, 0.15) is 23.0 Å². The van der Waals surface area contributed by atoms with Crippen LogP contribution in [0.2, 0.25) is 5.02 Å². The van der Waals surface area contributed by atoms with Gasteiger partial charge < -0.3 is 14.8 Å². The van der Waals surface area contributed by atoms with Gasteiger partial charge in [-0.1, -0.05) is 29.8 Å². The van der Waals surface area contributed by atoms with Crippen LogP contribution in [0.15, 0.2) is 58.3 Å². The van der Waals surface area contributed by atoms with Crippen molar-refractivity contribution in [2.75, 3.05) is 19.5 Å². The SMILES string of the molecule is COc1ccc([C@H]2NC(=NCc3ccc(Cl)cc3)Nc3nc(C)cc(=O)n32)cc1OC. The van der Waals surface area contributed by atoms with E-state index in [9.17, 15) is 4.79 Å². The van der Waals surface area contributed by atoms with Crippen molar-refractivity contribution in [2.45, 2.75) is 19.6 Å². The second-order valence-electron chi connectivity index (χ2n) is 7.01. The van der Waals surface area contributed by atoms with Crippen LogP contribution in [0.3, 0.4) is 0 Å². The summed E-state index contributed by atoms with van der Waals surface area (Å²) in [7, 11) is 3.15. The highest BCUT2D eigenvalue weighted by Gasteiger charge is 2.27. The molecule has 0 aliphatic carbocycles. The van der Waals surface area contributed by atoms with Crippen LogP contribution >= 0.6 is 11.6 Å². The molecule has 0 bridgehead atoms. The van der Waals surface area contributed by atoms with Gasteiger partial charge in [-0.25, -0.2) is 9.98 Å². The van der Waals surface area contributed by atoms with E-state index in [2.05, 4.69) is 20.6 Å². The Balaban J connectivity index is 1.74. The maximum absolute atomic E-state index is 12.8. The predicted octanol–water partition coefficient (Wildman–Crippen LogP) is 3.34. The zero-order chi connectivity index (χ0) is 22.0. The largest absolute Gasteiger partial charge is 0.493 e. The number of aryl methyl sites for hydroxylation is 1. The average molecular weight is 440 g/mol. The van der Waals surface area contributed by atoms with Crippen LogP contribution in [-0.4, -0.2) is 29.7 Å². The van der Waals surface area contributed by atoms with Crippen molar-refractivity contribution in [3.8, 4) is 11.5 Å². The number of ether oxygens (including phenoxy) is 2. The van der Waals surface area contributed by atoms with Gasteiger partial charge in [0.25, 0.3) is 5.56 Å². The number of anilines is 1. The summed E-state index contributed by atoms with van der Waals surface area (Å²) in [5.41, 5.74) is 2.24. The smallest absolute Gasteiger partial charge is 0.257 e. The fourth-order valence-corrected chi connectivity index (χ4v) is 3.51. The maximum atomic E-state index is 12.8. The van der Waals surface area contributed by atoms with Crippen LogP contribution in [-0.2, 0) is 6.54 Å². The highest BCUT2D eigenvalue weighted by molar-refractivity contribution is 6.30. The van der Waals surface area contributed by atoms with Gasteiger partial charge in [0, 0.05) is 16.8 Å². The number of guanidine groups is 1. The summed E-state index contributed by atoms with van der Waals surface area (Å²) in [4.78, 5) is 21.9. The number of nitrogens with one attached hydrogen (secondary N) is 2.